The molecule has 134 valence electrons. The first-order valence-corrected chi connectivity index (χ1v) is 9.10. The van der Waals surface area contributed by atoms with E-state index in [1.54, 1.807) is 32.4 Å². The fourth-order valence-corrected chi connectivity index (χ4v) is 3.20. The standard InChI is InChI=1S/C20H20N2O3S/c1-4-13-5-7-14(8-6-13)18-12-26-20(21-18)22-19(23)15-9-16(24-2)11-17(10-15)25-3/h5-12H,4H2,1-3H3,(H,21,22,23). The SMILES string of the molecule is CCc1ccc(-c2csc(NC(=O)c3cc(OC)cc(OC)c3)n2)cc1. The van der Waals surface area contributed by atoms with Crippen molar-refractivity contribution in [1.82, 2.24) is 4.98 Å². The van der Waals surface area contributed by atoms with E-state index in [0.717, 1.165) is 17.7 Å². The monoisotopic (exact) mass is 368 g/mol. The predicted molar refractivity (Wildman–Crippen MR) is 104 cm³/mol. The fourth-order valence-electron chi connectivity index (χ4n) is 2.48. The summed E-state index contributed by atoms with van der Waals surface area (Å²) in [5.41, 5.74) is 3.60. The van der Waals surface area contributed by atoms with Gasteiger partial charge in [-0.25, -0.2) is 4.98 Å². The smallest absolute Gasteiger partial charge is 0.257 e. The van der Waals surface area contributed by atoms with E-state index >= 15 is 0 Å². The highest BCUT2D eigenvalue weighted by Gasteiger charge is 2.13. The Morgan fingerprint density at radius 3 is 2.31 bits per heavy atom. The first-order chi connectivity index (χ1) is 12.6. The lowest BCUT2D eigenvalue weighted by atomic mass is 10.1. The topological polar surface area (TPSA) is 60.5 Å². The number of hydrogen-bond acceptors (Lipinski definition) is 5. The van der Waals surface area contributed by atoms with Crippen LogP contribution in [-0.4, -0.2) is 25.1 Å². The van der Waals surface area contributed by atoms with E-state index in [1.807, 2.05) is 17.5 Å². The summed E-state index contributed by atoms with van der Waals surface area (Å²) in [4.78, 5) is 17.0. The molecule has 0 radical (unpaired) electrons. The number of hydrogen-bond donors (Lipinski definition) is 1. The van der Waals surface area contributed by atoms with Gasteiger partial charge in [-0.2, -0.15) is 0 Å². The lowest BCUT2D eigenvalue weighted by Crippen LogP contribution is -2.12. The molecule has 0 unspecified atom stereocenters. The number of thiazole rings is 1. The Labute approximate surface area is 156 Å². The summed E-state index contributed by atoms with van der Waals surface area (Å²) < 4.78 is 10.4. The first kappa shape index (κ1) is 17.9. The molecule has 1 amide bonds. The molecule has 5 nitrogen and oxygen atoms in total. The molecule has 26 heavy (non-hydrogen) atoms. The number of ether oxygens (including phenoxy) is 2. The quantitative estimate of drug-likeness (QED) is 0.688. The molecule has 1 aromatic heterocycles. The summed E-state index contributed by atoms with van der Waals surface area (Å²) in [7, 11) is 3.10. The van der Waals surface area contributed by atoms with E-state index in [0.29, 0.717) is 22.2 Å². The Balaban J connectivity index is 1.77. The van der Waals surface area contributed by atoms with Gasteiger partial charge in [-0.3, -0.25) is 10.1 Å². The van der Waals surface area contributed by atoms with Crippen LogP contribution in [0.25, 0.3) is 11.3 Å². The number of nitrogens with one attached hydrogen (secondary N) is 1. The molecule has 0 aliphatic carbocycles. The second kappa shape index (κ2) is 8.01. The van der Waals surface area contributed by atoms with E-state index < -0.39 is 0 Å². The Kier molecular flexibility index (Phi) is 5.53. The number of rotatable bonds is 6. The summed E-state index contributed by atoms with van der Waals surface area (Å²) in [6, 6.07) is 13.3. The van der Waals surface area contributed by atoms with Crippen LogP contribution in [0.2, 0.25) is 0 Å². The summed E-state index contributed by atoms with van der Waals surface area (Å²) >= 11 is 1.39. The third kappa shape index (κ3) is 4.03. The van der Waals surface area contributed by atoms with Gasteiger partial charge in [0.15, 0.2) is 5.13 Å². The fraction of sp³-hybridized carbons (Fsp3) is 0.200. The molecule has 1 heterocycles. The summed E-state index contributed by atoms with van der Waals surface area (Å²) in [6.07, 6.45) is 1.00. The molecule has 3 rings (SSSR count). The number of benzene rings is 2. The van der Waals surface area contributed by atoms with Gasteiger partial charge < -0.3 is 9.47 Å². The van der Waals surface area contributed by atoms with Crippen molar-refractivity contribution < 1.29 is 14.3 Å². The predicted octanol–water partition coefficient (Wildman–Crippen LogP) is 4.64. The number of carbonyl (C=O) groups is 1. The average Bonchev–Trinajstić information content (AvgIpc) is 3.15. The molecule has 0 spiro atoms. The second-order valence-corrected chi connectivity index (χ2v) is 6.50. The van der Waals surface area contributed by atoms with E-state index in [9.17, 15) is 4.79 Å². The van der Waals surface area contributed by atoms with Gasteiger partial charge in [0.05, 0.1) is 19.9 Å². The molecular weight excluding hydrogens is 348 g/mol. The van der Waals surface area contributed by atoms with Crippen LogP contribution < -0.4 is 14.8 Å². The van der Waals surface area contributed by atoms with Crippen molar-refractivity contribution in [3.8, 4) is 22.8 Å². The largest absolute Gasteiger partial charge is 0.497 e. The number of amides is 1. The van der Waals surface area contributed by atoms with Crippen LogP contribution in [0.15, 0.2) is 47.8 Å². The third-order valence-electron chi connectivity index (χ3n) is 4.00. The van der Waals surface area contributed by atoms with Gasteiger partial charge in [0, 0.05) is 22.6 Å². The Hall–Kier alpha value is -2.86. The highest BCUT2D eigenvalue weighted by Crippen LogP contribution is 2.27. The van der Waals surface area contributed by atoms with Crippen molar-refractivity contribution in [2.45, 2.75) is 13.3 Å². The van der Waals surface area contributed by atoms with Crippen molar-refractivity contribution in [2.24, 2.45) is 0 Å². The number of methoxy groups -OCH3 is 2. The summed E-state index contributed by atoms with van der Waals surface area (Å²) in [6.45, 7) is 2.12. The van der Waals surface area contributed by atoms with Crippen LogP contribution >= 0.6 is 11.3 Å². The van der Waals surface area contributed by atoms with Crippen LogP contribution in [-0.2, 0) is 6.42 Å². The lowest BCUT2D eigenvalue weighted by molar-refractivity contribution is 0.102. The van der Waals surface area contributed by atoms with Crippen molar-refractivity contribution in [1.29, 1.82) is 0 Å². The molecule has 0 saturated carbocycles. The van der Waals surface area contributed by atoms with Crippen molar-refractivity contribution >= 4 is 22.4 Å². The molecular formula is C20H20N2O3S. The summed E-state index contributed by atoms with van der Waals surface area (Å²) in [5.74, 6) is 0.861. The van der Waals surface area contributed by atoms with E-state index in [2.05, 4.69) is 29.4 Å². The molecule has 3 aromatic rings. The van der Waals surface area contributed by atoms with Crippen molar-refractivity contribution in [3.63, 3.8) is 0 Å². The van der Waals surface area contributed by atoms with E-state index in [-0.39, 0.29) is 5.91 Å². The van der Waals surface area contributed by atoms with Crippen LogP contribution in [0.5, 0.6) is 11.5 Å². The molecule has 0 aliphatic heterocycles. The minimum Gasteiger partial charge on any atom is -0.497 e. The molecule has 0 atom stereocenters. The molecule has 0 bridgehead atoms. The molecule has 0 aliphatic rings. The minimum absolute atomic E-state index is 0.260. The maximum atomic E-state index is 12.5. The number of nitrogens with zero attached hydrogens (tertiary/aromatic N) is 1. The Bertz CT molecular complexity index is 881. The zero-order valence-corrected chi connectivity index (χ0v) is 15.7. The third-order valence-corrected chi connectivity index (χ3v) is 4.75. The second-order valence-electron chi connectivity index (χ2n) is 5.64. The van der Waals surface area contributed by atoms with Gasteiger partial charge in [-0.15, -0.1) is 11.3 Å². The van der Waals surface area contributed by atoms with Crippen LogP contribution in [0.4, 0.5) is 5.13 Å². The molecule has 0 fully saturated rings. The van der Waals surface area contributed by atoms with Crippen LogP contribution in [0.3, 0.4) is 0 Å². The van der Waals surface area contributed by atoms with E-state index in [4.69, 9.17) is 9.47 Å². The van der Waals surface area contributed by atoms with Crippen LogP contribution in [0, 0.1) is 0 Å². The van der Waals surface area contributed by atoms with E-state index in [1.165, 1.54) is 16.9 Å². The van der Waals surface area contributed by atoms with Gasteiger partial charge in [0.25, 0.3) is 5.91 Å². The molecule has 6 heteroatoms. The molecule has 0 saturated heterocycles. The Morgan fingerprint density at radius 2 is 1.73 bits per heavy atom. The number of aryl methyl sites for hydroxylation is 1. The van der Waals surface area contributed by atoms with Gasteiger partial charge in [0.2, 0.25) is 0 Å². The molecule has 1 N–H and O–H groups in total. The van der Waals surface area contributed by atoms with Crippen LogP contribution in [0.1, 0.15) is 22.8 Å². The number of anilines is 1. The highest BCUT2D eigenvalue weighted by molar-refractivity contribution is 7.14. The minimum atomic E-state index is -0.260. The normalized spacial score (nSPS) is 10.4. The van der Waals surface area contributed by atoms with Gasteiger partial charge in [-0.05, 0) is 24.1 Å². The average molecular weight is 368 g/mol. The zero-order chi connectivity index (χ0) is 18.5. The summed E-state index contributed by atoms with van der Waals surface area (Å²) in [5, 5.41) is 5.31. The first-order valence-electron chi connectivity index (χ1n) is 8.22. The number of aromatic nitrogens is 1. The Morgan fingerprint density at radius 1 is 1.08 bits per heavy atom. The maximum Gasteiger partial charge on any atom is 0.257 e. The van der Waals surface area contributed by atoms with Gasteiger partial charge in [-0.1, -0.05) is 31.2 Å². The number of carbonyl (C=O) groups excluding carboxylic acids is 1. The zero-order valence-electron chi connectivity index (χ0n) is 14.9. The van der Waals surface area contributed by atoms with Gasteiger partial charge >= 0.3 is 0 Å². The molecule has 2 aromatic carbocycles. The van der Waals surface area contributed by atoms with Gasteiger partial charge in [0.1, 0.15) is 11.5 Å². The van der Waals surface area contributed by atoms with Crippen molar-refractivity contribution in [2.75, 3.05) is 19.5 Å². The lowest BCUT2D eigenvalue weighted by Gasteiger charge is -2.08. The maximum absolute atomic E-state index is 12.5. The van der Waals surface area contributed by atoms with Crippen molar-refractivity contribution in [3.05, 3.63) is 59.0 Å². The highest BCUT2D eigenvalue weighted by atomic mass is 32.1.